The summed E-state index contributed by atoms with van der Waals surface area (Å²) < 4.78 is 2.28. The van der Waals surface area contributed by atoms with Crippen molar-refractivity contribution < 1.29 is 0 Å². The molecule has 12 rings (SSSR count). The highest BCUT2D eigenvalue weighted by atomic mass is 15.2. The third-order valence-electron chi connectivity index (χ3n) is 19.7. The Morgan fingerprint density at radius 1 is 0.582 bits per heavy atom. The molecule has 4 saturated carbocycles. The summed E-state index contributed by atoms with van der Waals surface area (Å²) in [6.45, 7) is 17.6. The van der Waals surface area contributed by atoms with Crippen molar-refractivity contribution in [3.63, 3.8) is 0 Å². The van der Waals surface area contributed by atoms with Crippen molar-refractivity contribution in [2.45, 2.75) is 137 Å². The van der Waals surface area contributed by atoms with Gasteiger partial charge in [0.25, 0.3) is 0 Å². The summed E-state index contributed by atoms with van der Waals surface area (Å²) in [7, 11) is 0. The first-order valence-corrected chi connectivity index (χ1v) is 26.5. The average Bonchev–Trinajstić information content (AvgIpc) is 3.95. The van der Waals surface area contributed by atoms with E-state index in [0.717, 1.165) is 63.6 Å². The molecule has 0 N–H and O–H groups in total. The minimum Gasteiger partial charge on any atom is -0.278 e. The molecule has 5 aromatic carbocycles. The first kappa shape index (κ1) is 43.2. The number of para-hydroxylation sites is 1. The normalized spacial score (nSPS) is 28.8. The van der Waals surface area contributed by atoms with Gasteiger partial charge in [0.2, 0.25) is 5.95 Å². The highest BCUT2D eigenvalue weighted by molar-refractivity contribution is 6.11. The van der Waals surface area contributed by atoms with Crippen LogP contribution in [0.2, 0.25) is 0 Å². The van der Waals surface area contributed by atoms with Crippen LogP contribution < -0.4 is 0 Å². The van der Waals surface area contributed by atoms with Crippen molar-refractivity contribution in [2.75, 3.05) is 0 Å². The van der Waals surface area contributed by atoms with Crippen molar-refractivity contribution in [1.82, 2.24) is 19.5 Å². The van der Waals surface area contributed by atoms with Crippen LogP contribution in [0.4, 0.5) is 0 Å². The molecule has 7 aromatic rings. The zero-order chi connectivity index (χ0) is 45.8. The lowest BCUT2D eigenvalue weighted by Gasteiger charge is -2.61. The van der Waals surface area contributed by atoms with E-state index < -0.39 is 0 Å². The smallest absolute Gasteiger partial charge is 0.238 e. The van der Waals surface area contributed by atoms with Crippen LogP contribution in [-0.4, -0.2) is 19.5 Å². The van der Waals surface area contributed by atoms with E-state index in [1.165, 1.54) is 116 Å². The molecule has 4 unspecified atom stereocenters. The number of benzene rings is 5. The van der Waals surface area contributed by atoms with Gasteiger partial charge in [-0.25, -0.2) is 4.98 Å². The van der Waals surface area contributed by atoms with Gasteiger partial charge in [0.15, 0.2) is 11.6 Å². The van der Waals surface area contributed by atoms with E-state index in [1.54, 1.807) is 0 Å². The Labute approximate surface area is 400 Å². The molecule has 4 fully saturated rings. The van der Waals surface area contributed by atoms with Gasteiger partial charge in [-0.05, 0) is 162 Å². The molecule has 0 radical (unpaired) electrons. The van der Waals surface area contributed by atoms with E-state index in [0.29, 0.717) is 34.3 Å². The number of fused-ring (bicyclic) bond motifs is 11. The van der Waals surface area contributed by atoms with E-state index in [2.05, 4.69) is 168 Å². The Kier molecular flexibility index (Phi) is 10.5. The van der Waals surface area contributed by atoms with Crippen molar-refractivity contribution in [1.29, 1.82) is 0 Å². The molecule has 9 atom stereocenters. The van der Waals surface area contributed by atoms with E-state index in [-0.39, 0.29) is 5.41 Å². The standard InChI is InChI=1S/C63H72N4/c1-39(2)16-15-17-40(3)51-30-31-53-48-29-28-45-36-44(32-34-62(45,6)54(48)33-35-63(51,53)7)41-24-26-43(27-25-41)59-64-58(42-18-9-8-10-19-42)65-60(66-59)67-56-23-14-12-21-47(56)50-37-55-49(38-57(50)67)46-20-11-13-22-52(46)61(55,4)5/h8-14,18-27,37-40,44-45,48,51,53-54H,15-17,28-36H2,1-7H3/t40-,44?,45?,48+,51-,53?,54?,62+,63-/m1/s1. The van der Waals surface area contributed by atoms with Gasteiger partial charge in [0.1, 0.15) is 0 Å². The Balaban J connectivity index is 0.835. The Hall–Kier alpha value is -5.09. The van der Waals surface area contributed by atoms with Gasteiger partial charge < -0.3 is 0 Å². The maximum absolute atomic E-state index is 5.38. The molecule has 0 amide bonds. The van der Waals surface area contributed by atoms with Crippen molar-refractivity contribution >= 4 is 21.8 Å². The topological polar surface area (TPSA) is 43.6 Å². The van der Waals surface area contributed by atoms with Gasteiger partial charge in [0.05, 0.1) is 11.0 Å². The summed E-state index contributed by atoms with van der Waals surface area (Å²) in [5, 5.41) is 2.44. The summed E-state index contributed by atoms with van der Waals surface area (Å²) in [5.74, 6) is 8.96. The fourth-order valence-corrected chi connectivity index (χ4v) is 16.2. The number of hydrogen-bond donors (Lipinski definition) is 0. The fourth-order valence-electron chi connectivity index (χ4n) is 16.2. The van der Waals surface area contributed by atoms with E-state index in [1.807, 2.05) is 0 Å². The minimum absolute atomic E-state index is 0.0874. The first-order valence-electron chi connectivity index (χ1n) is 26.5. The lowest BCUT2D eigenvalue weighted by Crippen LogP contribution is -2.53. The molecule has 0 spiro atoms. The van der Waals surface area contributed by atoms with Crippen LogP contribution in [0.15, 0.2) is 115 Å². The molecular formula is C63H72N4. The summed E-state index contributed by atoms with van der Waals surface area (Å²) >= 11 is 0. The van der Waals surface area contributed by atoms with Gasteiger partial charge in [-0.2, -0.15) is 9.97 Å². The zero-order valence-corrected chi connectivity index (χ0v) is 41.4. The molecule has 4 nitrogen and oxygen atoms in total. The Morgan fingerprint density at radius 2 is 1.28 bits per heavy atom. The lowest BCUT2D eigenvalue weighted by atomic mass is 9.43. The van der Waals surface area contributed by atoms with Crippen LogP contribution in [0.5, 0.6) is 0 Å². The largest absolute Gasteiger partial charge is 0.278 e. The molecule has 4 heteroatoms. The van der Waals surface area contributed by atoms with Crippen molar-refractivity contribution in [2.24, 2.45) is 52.3 Å². The number of nitrogens with zero attached hydrogens (tertiary/aromatic N) is 4. The molecule has 2 aromatic heterocycles. The molecule has 5 aliphatic rings. The number of aromatic nitrogens is 4. The molecule has 0 aliphatic heterocycles. The van der Waals surface area contributed by atoms with Crippen LogP contribution in [0.3, 0.4) is 0 Å². The maximum Gasteiger partial charge on any atom is 0.238 e. The van der Waals surface area contributed by atoms with Gasteiger partial charge in [-0.15, -0.1) is 0 Å². The monoisotopic (exact) mass is 885 g/mol. The quantitative estimate of drug-likeness (QED) is 0.145. The molecule has 67 heavy (non-hydrogen) atoms. The molecule has 344 valence electrons. The zero-order valence-electron chi connectivity index (χ0n) is 41.4. The molecule has 5 aliphatic carbocycles. The van der Waals surface area contributed by atoms with Crippen LogP contribution >= 0.6 is 0 Å². The Bertz CT molecular complexity index is 2980. The third kappa shape index (κ3) is 6.91. The second kappa shape index (κ2) is 16.3. The molecular weight excluding hydrogens is 813 g/mol. The van der Waals surface area contributed by atoms with E-state index in [4.69, 9.17) is 15.0 Å². The number of rotatable bonds is 9. The van der Waals surface area contributed by atoms with Crippen LogP contribution in [-0.2, 0) is 5.41 Å². The van der Waals surface area contributed by atoms with Gasteiger partial charge in [-0.1, -0.05) is 165 Å². The summed E-state index contributed by atoms with van der Waals surface area (Å²) in [4.78, 5) is 15.9. The minimum atomic E-state index is -0.0874. The molecule has 0 saturated heterocycles. The maximum atomic E-state index is 5.38. The summed E-state index contributed by atoms with van der Waals surface area (Å²) in [5.41, 5.74) is 12.1. The van der Waals surface area contributed by atoms with Gasteiger partial charge in [-0.3, -0.25) is 4.57 Å². The third-order valence-corrected chi connectivity index (χ3v) is 19.7. The second-order valence-electron chi connectivity index (χ2n) is 23.9. The SMILES string of the molecule is CC(C)CCC[C@@H](C)[C@H]1CCC2[C@@H]3CCC4CC(c5ccc(-c6nc(-c7ccccc7)nc(-n7c8ccccc8c8cc9c(cc87)-c7ccccc7C9(C)C)n6)cc5)CC[C@]4(C)C3CC[C@@]21C. The van der Waals surface area contributed by atoms with E-state index in [9.17, 15) is 0 Å². The van der Waals surface area contributed by atoms with Crippen LogP contribution in [0, 0.1) is 52.3 Å². The van der Waals surface area contributed by atoms with Crippen molar-refractivity contribution in [3.05, 3.63) is 132 Å². The van der Waals surface area contributed by atoms with Gasteiger partial charge in [0, 0.05) is 27.3 Å². The predicted octanol–water partition coefficient (Wildman–Crippen LogP) is 16.8. The Morgan fingerprint density at radius 3 is 2.07 bits per heavy atom. The average molecular weight is 885 g/mol. The lowest BCUT2D eigenvalue weighted by molar-refractivity contribution is -0.117. The predicted molar refractivity (Wildman–Crippen MR) is 278 cm³/mol. The highest BCUT2D eigenvalue weighted by Gasteiger charge is 2.60. The summed E-state index contributed by atoms with van der Waals surface area (Å²) in [6, 6.07) is 42.4. The fraction of sp³-hybridized carbons (Fsp3) is 0.476. The summed E-state index contributed by atoms with van der Waals surface area (Å²) in [6.07, 6.45) is 17.1. The van der Waals surface area contributed by atoms with Crippen LogP contribution in [0.25, 0.3) is 61.7 Å². The van der Waals surface area contributed by atoms with Crippen LogP contribution in [0.1, 0.15) is 148 Å². The molecule has 2 heterocycles. The second-order valence-corrected chi connectivity index (χ2v) is 23.9. The van der Waals surface area contributed by atoms with Gasteiger partial charge >= 0.3 is 0 Å². The molecule has 0 bridgehead atoms. The number of hydrogen-bond acceptors (Lipinski definition) is 3. The van der Waals surface area contributed by atoms with Crippen molar-refractivity contribution in [3.8, 4) is 39.9 Å². The van der Waals surface area contributed by atoms with E-state index >= 15 is 0 Å². The first-order chi connectivity index (χ1) is 32.4. The highest BCUT2D eigenvalue weighted by Crippen LogP contribution is 2.69.